The molecule has 2 aliphatic carbocycles. The van der Waals surface area contributed by atoms with E-state index in [0.29, 0.717) is 6.04 Å². The van der Waals surface area contributed by atoms with Crippen LogP contribution in [0.4, 0.5) is 0 Å². The third kappa shape index (κ3) is 1.69. The molecule has 3 rings (SSSR count). The van der Waals surface area contributed by atoms with Crippen LogP contribution in [0.5, 0.6) is 0 Å². The lowest BCUT2D eigenvalue weighted by Crippen LogP contribution is -2.24. The number of aryl methyl sites for hydroxylation is 1. The van der Waals surface area contributed by atoms with Gasteiger partial charge in [-0.05, 0) is 56.2 Å². The van der Waals surface area contributed by atoms with Gasteiger partial charge >= 0.3 is 0 Å². The van der Waals surface area contributed by atoms with E-state index in [9.17, 15) is 0 Å². The average Bonchev–Trinajstić information content (AvgIpc) is 2.76. The molecule has 1 heterocycles. The van der Waals surface area contributed by atoms with Crippen molar-refractivity contribution in [3.63, 3.8) is 0 Å². The van der Waals surface area contributed by atoms with E-state index >= 15 is 0 Å². The van der Waals surface area contributed by atoms with Gasteiger partial charge in [0.05, 0.1) is 6.04 Å². The molecule has 0 amide bonds. The van der Waals surface area contributed by atoms with Crippen LogP contribution in [-0.4, -0.2) is 7.05 Å². The summed E-state index contributed by atoms with van der Waals surface area (Å²) in [5, 5.41) is 3.45. The van der Waals surface area contributed by atoms with Crippen molar-refractivity contribution in [3.8, 4) is 0 Å². The Morgan fingerprint density at radius 3 is 2.62 bits per heavy atom. The number of rotatable bonds is 4. The van der Waals surface area contributed by atoms with Crippen LogP contribution in [0, 0.1) is 17.8 Å². The molecule has 0 spiro atoms. The average molecular weight is 219 g/mol. The Bertz CT molecular complexity index is 361. The summed E-state index contributed by atoms with van der Waals surface area (Å²) in [6.07, 6.45) is 5.29. The molecule has 3 unspecified atom stereocenters. The van der Waals surface area contributed by atoms with Gasteiger partial charge in [-0.1, -0.05) is 6.92 Å². The Balaban J connectivity index is 1.74. The van der Waals surface area contributed by atoms with Gasteiger partial charge < -0.3 is 9.73 Å². The first kappa shape index (κ1) is 10.4. The fraction of sp³-hybridized carbons (Fsp3) is 0.714. The van der Waals surface area contributed by atoms with Crippen LogP contribution in [0.1, 0.15) is 43.7 Å². The minimum atomic E-state index is 0.438. The number of hydrogen-bond donors (Lipinski definition) is 1. The SMILES string of the molecule is CCc1ccc(C(NC)C2CC3CC3C2)o1. The standard InChI is InChI=1S/C14H21NO/c1-3-12-4-5-13(16-12)14(15-2)11-7-9-6-10(9)8-11/h4-5,9-11,14-15H,3,6-8H2,1-2H3. The topological polar surface area (TPSA) is 25.2 Å². The fourth-order valence-electron chi connectivity index (χ4n) is 3.40. The molecule has 2 heteroatoms. The van der Waals surface area contributed by atoms with Crippen LogP contribution >= 0.6 is 0 Å². The highest BCUT2D eigenvalue weighted by Gasteiger charge is 2.48. The monoisotopic (exact) mass is 219 g/mol. The molecular formula is C14H21NO. The normalized spacial score (nSPS) is 33.8. The van der Waals surface area contributed by atoms with Gasteiger partial charge in [0.15, 0.2) is 0 Å². The molecular weight excluding hydrogens is 198 g/mol. The van der Waals surface area contributed by atoms with E-state index in [4.69, 9.17) is 4.42 Å². The third-order valence-electron chi connectivity index (χ3n) is 4.40. The fourth-order valence-corrected chi connectivity index (χ4v) is 3.40. The molecule has 16 heavy (non-hydrogen) atoms. The molecule has 1 aromatic rings. The molecule has 0 radical (unpaired) electrons. The summed E-state index contributed by atoms with van der Waals surface area (Å²) in [7, 11) is 2.06. The smallest absolute Gasteiger partial charge is 0.121 e. The summed E-state index contributed by atoms with van der Waals surface area (Å²) >= 11 is 0. The van der Waals surface area contributed by atoms with Crippen molar-refractivity contribution in [3.05, 3.63) is 23.7 Å². The van der Waals surface area contributed by atoms with Gasteiger partial charge in [0.2, 0.25) is 0 Å². The first-order chi connectivity index (χ1) is 7.81. The second-order valence-electron chi connectivity index (χ2n) is 5.41. The van der Waals surface area contributed by atoms with Crippen molar-refractivity contribution in [1.82, 2.24) is 5.32 Å². The molecule has 1 N–H and O–H groups in total. The van der Waals surface area contributed by atoms with Crippen LogP contribution < -0.4 is 5.32 Å². The Hall–Kier alpha value is -0.760. The van der Waals surface area contributed by atoms with E-state index in [0.717, 1.165) is 35.7 Å². The van der Waals surface area contributed by atoms with Crippen molar-refractivity contribution in [2.45, 2.75) is 38.6 Å². The molecule has 88 valence electrons. The molecule has 0 saturated heterocycles. The highest BCUT2D eigenvalue weighted by atomic mass is 16.3. The molecule has 2 saturated carbocycles. The number of hydrogen-bond acceptors (Lipinski definition) is 2. The van der Waals surface area contributed by atoms with E-state index in [-0.39, 0.29) is 0 Å². The lowest BCUT2D eigenvalue weighted by atomic mass is 9.93. The molecule has 0 bridgehead atoms. The highest BCUT2D eigenvalue weighted by molar-refractivity contribution is 5.13. The van der Waals surface area contributed by atoms with Gasteiger partial charge in [-0.3, -0.25) is 0 Å². The largest absolute Gasteiger partial charge is 0.464 e. The zero-order valence-electron chi connectivity index (χ0n) is 10.2. The van der Waals surface area contributed by atoms with Crippen molar-refractivity contribution in [2.75, 3.05) is 7.05 Å². The number of nitrogens with one attached hydrogen (secondary N) is 1. The van der Waals surface area contributed by atoms with Crippen LogP contribution in [0.15, 0.2) is 16.5 Å². The lowest BCUT2D eigenvalue weighted by molar-refractivity contribution is 0.303. The first-order valence-electron chi connectivity index (χ1n) is 6.57. The maximum Gasteiger partial charge on any atom is 0.121 e. The van der Waals surface area contributed by atoms with Crippen molar-refractivity contribution in [2.24, 2.45) is 17.8 Å². The maximum absolute atomic E-state index is 5.89. The molecule has 3 atom stereocenters. The van der Waals surface area contributed by atoms with Gasteiger partial charge in [-0.25, -0.2) is 0 Å². The van der Waals surface area contributed by atoms with Crippen LogP contribution in [0.3, 0.4) is 0 Å². The van der Waals surface area contributed by atoms with E-state index in [1.165, 1.54) is 19.3 Å². The van der Waals surface area contributed by atoms with E-state index in [2.05, 4.69) is 31.4 Å². The molecule has 2 fully saturated rings. The van der Waals surface area contributed by atoms with Gasteiger partial charge in [-0.15, -0.1) is 0 Å². The van der Waals surface area contributed by atoms with Crippen LogP contribution in [0.2, 0.25) is 0 Å². The summed E-state index contributed by atoms with van der Waals surface area (Å²) in [5.74, 6) is 5.14. The minimum absolute atomic E-state index is 0.438. The zero-order chi connectivity index (χ0) is 11.1. The molecule has 0 aliphatic heterocycles. The van der Waals surface area contributed by atoms with E-state index < -0.39 is 0 Å². The van der Waals surface area contributed by atoms with Gasteiger partial charge in [0.25, 0.3) is 0 Å². The van der Waals surface area contributed by atoms with E-state index in [1.807, 2.05) is 0 Å². The summed E-state index contributed by atoms with van der Waals surface area (Å²) in [5.41, 5.74) is 0. The quantitative estimate of drug-likeness (QED) is 0.841. The van der Waals surface area contributed by atoms with Crippen LogP contribution in [0.25, 0.3) is 0 Å². The molecule has 2 aliphatic rings. The Labute approximate surface area is 97.4 Å². The summed E-state index contributed by atoms with van der Waals surface area (Å²) in [4.78, 5) is 0. The maximum atomic E-state index is 5.89. The summed E-state index contributed by atoms with van der Waals surface area (Å²) in [6.45, 7) is 2.14. The molecule has 0 aromatic carbocycles. The van der Waals surface area contributed by atoms with Gasteiger partial charge in [-0.2, -0.15) is 0 Å². The highest BCUT2D eigenvalue weighted by Crippen LogP contribution is 2.57. The Morgan fingerprint density at radius 1 is 1.31 bits per heavy atom. The second kappa shape index (κ2) is 3.92. The summed E-state index contributed by atoms with van der Waals surface area (Å²) < 4.78 is 5.89. The van der Waals surface area contributed by atoms with Crippen LogP contribution in [-0.2, 0) is 6.42 Å². The second-order valence-corrected chi connectivity index (χ2v) is 5.41. The van der Waals surface area contributed by atoms with Crippen molar-refractivity contribution in [1.29, 1.82) is 0 Å². The zero-order valence-corrected chi connectivity index (χ0v) is 10.2. The van der Waals surface area contributed by atoms with Gasteiger partial charge in [0, 0.05) is 6.42 Å². The predicted molar refractivity (Wildman–Crippen MR) is 64.2 cm³/mol. The Kier molecular flexibility index (Phi) is 2.55. The first-order valence-corrected chi connectivity index (χ1v) is 6.57. The minimum Gasteiger partial charge on any atom is -0.464 e. The summed E-state index contributed by atoms with van der Waals surface area (Å²) in [6, 6.07) is 4.72. The number of fused-ring (bicyclic) bond motifs is 1. The predicted octanol–water partition coefficient (Wildman–Crippen LogP) is 3.15. The Morgan fingerprint density at radius 2 is 2.06 bits per heavy atom. The molecule has 1 aromatic heterocycles. The van der Waals surface area contributed by atoms with Crippen molar-refractivity contribution < 1.29 is 4.42 Å². The number of furan rings is 1. The van der Waals surface area contributed by atoms with Crippen molar-refractivity contribution >= 4 is 0 Å². The third-order valence-corrected chi connectivity index (χ3v) is 4.40. The molecule has 2 nitrogen and oxygen atoms in total. The van der Waals surface area contributed by atoms with E-state index in [1.54, 1.807) is 0 Å². The van der Waals surface area contributed by atoms with Gasteiger partial charge in [0.1, 0.15) is 11.5 Å². The lowest BCUT2D eigenvalue weighted by Gasteiger charge is -2.22.